The topological polar surface area (TPSA) is 93.7 Å². The highest BCUT2D eigenvalue weighted by molar-refractivity contribution is 7.99. The lowest BCUT2D eigenvalue weighted by Crippen LogP contribution is -2.51. The van der Waals surface area contributed by atoms with Gasteiger partial charge < -0.3 is 20.1 Å². The molecule has 2 rings (SSSR count). The highest BCUT2D eigenvalue weighted by Gasteiger charge is 2.31. The predicted molar refractivity (Wildman–Crippen MR) is 84.8 cm³/mol. The van der Waals surface area contributed by atoms with Gasteiger partial charge >= 0.3 is 12.1 Å². The number of nitrogens with one attached hydrogen (secondary N) is 2. The van der Waals surface area contributed by atoms with Crippen LogP contribution in [0.5, 0.6) is 0 Å². The highest BCUT2D eigenvalue weighted by Crippen LogP contribution is 2.12. The molecule has 8 heteroatoms. The van der Waals surface area contributed by atoms with Crippen LogP contribution in [0.15, 0.2) is 30.3 Å². The Hall–Kier alpha value is -2.22. The fourth-order valence-corrected chi connectivity index (χ4v) is 3.04. The number of esters is 1. The third-order valence-electron chi connectivity index (χ3n) is 3.19. The molecule has 23 heavy (non-hydrogen) atoms. The van der Waals surface area contributed by atoms with Crippen molar-refractivity contribution in [3.8, 4) is 0 Å². The van der Waals surface area contributed by atoms with Gasteiger partial charge in [0.15, 0.2) is 0 Å². The van der Waals surface area contributed by atoms with E-state index in [1.54, 1.807) is 0 Å². The number of thioether (sulfide) groups is 1. The van der Waals surface area contributed by atoms with Crippen molar-refractivity contribution < 1.29 is 23.9 Å². The van der Waals surface area contributed by atoms with Crippen LogP contribution in [0.4, 0.5) is 4.79 Å². The van der Waals surface area contributed by atoms with Gasteiger partial charge in [0.1, 0.15) is 18.7 Å². The van der Waals surface area contributed by atoms with Crippen molar-refractivity contribution in [2.75, 3.05) is 18.6 Å². The zero-order chi connectivity index (χ0) is 16.7. The number of benzene rings is 1. The maximum absolute atomic E-state index is 12.1. The molecule has 7 nitrogen and oxygen atoms in total. The van der Waals surface area contributed by atoms with Crippen LogP contribution in [0.3, 0.4) is 0 Å². The Morgan fingerprint density at radius 3 is 2.74 bits per heavy atom. The maximum atomic E-state index is 12.1. The summed E-state index contributed by atoms with van der Waals surface area (Å²) in [7, 11) is 1.26. The Bertz CT molecular complexity index is 566. The predicted octanol–water partition coefficient (Wildman–Crippen LogP) is 0.686. The zero-order valence-corrected chi connectivity index (χ0v) is 13.4. The number of methoxy groups -OCH3 is 1. The molecule has 0 bridgehead atoms. The van der Waals surface area contributed by atoms with Crippen LogP contribution in [0.1, 0.15) is 5.56 Å². The lowest BCUT2D eigenvalue weighted by molar-refractivity contribution is -0.144. The average Bonchev–Trinajstić information content (AvgIpc) is 2.75. The van der Waals surface area contributed by atoms with E-state index in [-0.39, 0.29) is 6.61 Å². The molecule has 1 aliphatic heterocycles. The third kappa shape index (κ3) is 5.17. The summed E-state index contributed by atoms with van der Waals surface area (Å²) in [5.41, 5.74) is 0.855. The van der Waals surface area contributed by atoms with E-state index in [1.165, 1.54) is 18.9 Å². The third-order valence-corrected chi connectivity index (χ3v) is 4.33. The number of amides is 2. The number of hydrogen-bond acceptors (Lipinski definition) is 6. The van der Waals surface area contributed by atoms with Gasteiger partial charge in [0, 0.05) is 11.5 Å². The number of carbonyl (C=O) groups is 3. The van der Waals surface area contributed by atoms with E-state index in [4.69, 9.17) is 4.74 Å². The van der Waals surface area contributed by atoms with Crippen molar-refractivity contribution in [3.63, 3.8) is 0 Å². The lowest BCUT2D eigenvalue weighted by Gasteiger charge is -2.16. The number of carbonyl (C=O) groups excluding carboxylic acids is 3. The molecular weight excluding hydrogens is 320 g/mol. The van der Waals surface area contributed by atoms with Crippen molar-refractivity contribution >= 4 is 29.7 Å². The van der Waals surface area contributed by atoms with Crippen molar-refractivity contribution in [2.24, 2.45) is 0 Å². The van der Waals surface area contributed by atoms with E-state index in [0.717, 1.165) is 5.56 Å². The van der Waals surface area contributed by atoms with Gasteiger partial charge in [-0.2, -0.15) is 11.8 Å². The number of alkyl carbamates (subject to hydrolysis) is 1. The quantitative estimate of drug-likeness (QED) is 0.785. The molecule has 1 aliphatic rings. The van der Waals surface area contributed by atoms with Crippen LogP contribution in [0, 0.1) is 0 Å². The van der Waals surface area contributed by atoms with E-state index in [9.17, 15) is 14.4 Å². The van der Waals surface area contributed by atoms with Gasteiger partial charge in [-0.1, -0.05) is 30.3 Å². The van der Waals surface area contributed by atoms with Gasteiger partial charge in [-0.05, 0) is 5.56 Å². The maximum Gasteiger partial charge on any atom is 0.408 e. The molecule has 0 saturated carbocycles. The summed E-state index contributed by atoms with van der Waals surface area (Å²) in [6.07, 6.45) is -0.675. The van der Waals surface area contributed by atoms with Crippen LogP contribution >= 0.6 is 11.8 Å². The Morgan fingerprint density at radius 2 is 2.04 bits per heavy atom. The minimum atomic E-state index is -0.752. The largest absolute Gasteiger partial charge is 0.467 e. The molecule has 2 amide bonds. The van der Waals surface area contributed by atoms with Crippen molar-refractivity contribution in [2.45, 2.75) is 18.7 Å². The zero-order valence-electron chi connectivity index (χ0n) is 12.6. The number of hydrogen-bond donors (Lipinski definition) is 2. The monoisotopic (exact) mass is 338 g/mol. The molecular formula is C15H18N2O5S. The van der Waals surface area contributed by atoms with Gasteiger partial charge in [-0.15, -0.1) is 0 Å². The van der Waals surface area contributed by atoms with Crippen LogP contribution in [0.25, 0.3) is 0 Å². The molecule has 124 valence electrons. The second-order valence-electron chi connectivity index (χ2n) is 4.88. The van der Waals surface area contributed by atoms with E-state index in [0.29, 0.717) is 11.5 Å². The van der Waals surface area contributed by atoms with Gasteiger partial charge in [0.25, 0.3) is 0 Å². The molecule has 2 N–H and O–H groups in total. The van der Waals surface area contributed by atoms with Crippen molar-refractivity contribution in [1.29, 1.82) is 0 Å². The minimum Gasteiger partial charge on any atom is -0.467 e. The molecule has 2 atom stereocenters. The molecule has 1 aromatic carbocycles. The first-order valence-corrected chi connectivity index (χ1v) is 8.19. The molecule has 1 heterocycles. The molecule has 1 aromatic rings. The van der Waals surface area contributed by atoms with Gasteiger partial charge in [-0.3, -0.25) is 4.79 Å². The fourth-order valence-electron chi connectivity index (χ4n) is 1.98. The highest BCUT2D eigenvalue weighted by atomic mass is 32.2. The summed E-state index contributed by atoms with van der Waals surface area (Å²) in [6, 6.07) is 7.78. The summed E-state index contributed by atoms with van der Waals surface area (Å²) in [6.45, 7) is 0.124. The SMILES string of the molecule is COC(=O)[C@@H]1CSC[C@H](NC(=O)OCc2ccccc2)C(=O)N1. The number of ether oxygens (including phenoxy) is 2. The Kier molecular flexibility index (Phi) is 6.28. The van der Waals surface area contributed by atoms with E-state index in [1.807, 2.05) is 30.3 Å². The fraction of sp³-hybridized carbons (Fsp3) is 0.400. The molecule has 0 aliphatic carbocycles. The first kappa shape index (κ1) is 17.1. The van der Waals surface area contributed by atoms with E-state index < -0.39 is 30.1 Å². The van der Waals surface area contributed by atoms with Gasteiger partial charge in [-0.25, -0.2) is 9.59 Å². The molecule has 1 fully saturated rings. The minimum absolute atomic E-state index is 0.124. The second-order valence-corrected chi connectivity index (χ2v) is 5.96. The standard InChI is InChI=1S/C15H18N2O5S/c1-21-14(19)12-9-23-8-11(13(18)16-12)17-15(20)22-7-10-5-3-2-4-6-10/h2-6,11-12H,7-9H2,1H3,(H,16,18)(H,17,20)/t11-,12-/m0/s1. The summed E-state index contributed by atoms with van der Waals surface area (Å²) in [5, 5.41) is 5.06. The summed E-state index contributed by atoms with van der Waals surface area (Å²) in [4.78, 5) is 35.3. The molecule has 0 unspecified atom stereocenters. The van der Waals surface area contributed by atoms with Gasteiger partial charge in [0.2, 0.25) is 5.91 Å². The van der Waals surface area contributed by atoms with Crippen LogP contribution in [-0.4, -0.2) is 48.7 Å². The van der Waals surface area contributed by atoms with Gasteiger partial charge in [0.05, 0.1) is 7.11 Å². The molecule has 0 spiro atoms. The smallest absolute Gasteiger partial charge is 0.408 e. The summed E-state index contributed by atoms with van der Waals surface area (Å²) < 4.78 is 9.70. The molecule has 0 aromatic heterocycles. The van der Waals surface area contributed by atoms with Crippen LogP contribution < -0.4 is 10.6 Å². The summed E-state index contributed by atoms with van der Waals surface area (Å²) >= 11 is 1.38. The molecule has 0 radical (unpaired) electrons. The van der Waals surface area contributed by atoms with Crippen LogP contribution in [0.2, 0.25) is 0 Å². The Balaban J connectivity index is 1.83. The first-order valence-electron chi connectivity index (χ1n) is 7.03. The first-order chi connectivity index (χ1) is 11.1. The lowest BCUT2D eigenvalue weighted by atomic mass is 10.2. The van der Waals surface area contributed by atoms with E-state index >= 15 is 0 Å². The van der Waals surface area contributed by atoms with Crippen molar-refractivity contribution in [1.82, 2.24) is 10.6 Å². The second kappa shape index (κ2) is 8.42. The van der Waals surface area contributed by atoms with Crippen LogP contribution in [-0.2, 0) is 25.7 Å². The Morgan fingerprint density at radius 1 is 1.30 bits per heavy atom. The Labute approximate surface area is 138 Å². The van der Waals surface area contributed by atoms with Crippen molar-refractivity contribution in [3.05, 3.63) is 35.9 Å². The number of rotatable bonds is 4. The average molecular weight is 338 g/mol. The van der Waals surface area contributed by atoms with E-state index in [2.05, 4.69) is 15.4 Å². The molecule has 1 saturated heterocycles. The summed E-state index contributed by atoms with van der Waals surface area (Å²) in [5.74, 6) is -0.171. The normalized spacial score (nSPS) is 20.8.